The van der Waals surface area contributed by atoms with E-state index in [1.807, 2.05) is 6.07 Å². The molecule has 1 aliphatic rings. The Morgan fingerprint density at radius 2 is 1.89 bits per heavy atom. The molecule has 1 aromatic heterocycles. The number of H-pyrrole nitrogens is 2. The number of carbonyl (C=O) groups is 1. The molecule has 0 unspecified atom stereocenters. The first-order chi connectivity index (χ1) is 9.14. The number of Topliss-reactive ketones (excluding diaryl/α,β-unsaturated/α-hetero) is 1. The van der Waals surface area contributed by atoms with Gasteiger partial charge >= 0.3 is 5.69 Å². The molecule has 1 aromatic carbocycles. The first-order valence-corrected chi connectivity index (χ1v) is 6.91. The number of fused-ring (bicyclic) bond motifs is 1. The first kappa shape index (κ1) is 12.2. The highest BCUT2D eigenvalue weighted by Gasteiger charge is 2.39. The maximum atomic E-state index is 12.7. The van der Waals surface area contributed by atoms with Crippen LogP contribution in [0.1, 0.15) is 49.4 Å². The quantitative estimate of drug-likeness (QED) is 0.831. The zero-order valence-electron chi connectivity index (χ0n) is 11.1. The number of aromatic nitrogens is 2. The van der Waals surface area contributed by atoms with Gasteiger partial charge in [-0.15, -0.1) is 0 Å². The summed E-state index contributed by atoms with van der Waals surface area (Å²) in [6.45, 7) is 2.10. The van der Waals surface area contributed by atoms with Crippen molar-refractivity contribution in [2.24, 2.45) is 5.41 Å². The molecule has 2 aromatic rings. The van der Waals surface area contributed by atoms with Gasteiger partial charge in [0, 0.05) is 11.0 Å². The molecule has 0 aliphatic heterocycles. The summed E-state index contributed by atoms with van der Waals surface area (Å²) in [6, 6.07) is 5.42. The number of rotatable bonds is 3. The van der Waals surface area contributed by atoms with Gasteiger partial charge in [0.2, 0.25) is 0 Å². The van der Waals surface area contributed by atoms with Crippen LogP contribution in [0.4, 0.5) is 0 Å². The van der Waals surface area contributed by atoms with E-state index < -0.39 is 0 Å². The molecule has 100 valence electrons. The minimum absolute atomic E-state index is 0.176. The second kappa shape index (κ2) is 4.37. The van der Waals surface area contributed by atoms with Crippen molar-refractivity contribution in [3.63, 3.8) is 0 Å². The number of ketones is 1. The highest BCUT2D eigenvalue weighted by Crippen LogP contribution is 2.43. The second-order valence-electron chi connectivity index (χ2n) is 5.51. The van der Waals surface area contributed by atoms with Gasteiger partial charge in [0.05, 0.1) is 11.0 Å². The molecule has 2 N–H and O–H groups in total. The number of hydrogen-bond acceptors (Lipinski definition) is 2. The first-order valence-electron chi connectivity index (χ1n) is 6.91. The van der Waals surface area contributed by atoms with Gasteiger partial charge in [-0.2, -0.15) is 0 Å². The molecule has 0 saturated heterocycles. The van der Waals surface area contributed by atoms with Crippen LogP contribution in [0.3, 0.4) is 0 Å². The van der Waals surface area contributed by atoms with Crippen LogP contribution in [0.15, 0.2) is 23.0 Å². The van der Waals surface area contributed by atoms with E-state index in [1.54, 1.807) is 12.1 Å². The van der Waals surface area contributed by atoms with Crippen LogP contribution in [-0.4, -0.2) is 15.8 Å². The lowest BCUT2D eigenvalue weighted by atomic mass is 9.76. The Balaban J connectivity index is 2.03. The van der Waals surface area contributed by atoms with Crippen LogP contribution in [0.2, 0.25) is 0 Å². The van der Waals surface area contributed by atoms with Gasteiger partial charge in [-0.3, -0.25) is 4.79 Å². The summed E-state index contributed by atoms with van der Waals surface area (Å²) in [6.07, 6.45) is 5.16. The zero-order chi connectivity index (χ0) is 13.5. The summed E-state index contributed by atoms with van der Waals surface area (Å²) in [7, 11) is 0. The van der Waals surface area contributed by atoms with E-state index in [9.17, 15) is 9.59 Å². The molecule has 1 heterocycles. The Morgan fingerprint density at radius 1 is 1.21 bits per heavy atom. The summed E-state index contributed by atoms with van der Waals surface area (Å²) in [5.41, 5.74) is 1.76. The van der Waals surface area contributed by atoms with Crippen molar-refractivity contribution in [1.29, 1.82) is 0 Å². The summed E-state index contributed by atoms with van der Waals surface area (Å²) < 4.78 is 0. The Bertz CT molecular complexity index is 675. The van der Waals surface area contributed by atoms with Gasteiger partial charge in [-0.1, -0.05) is 19.8 Å². The molecule has 0 amide bonds. The lowest BCUT2D eigenvalue weighted by Gasteiger charge is -2.25. The van der Waals surface area contributed by atoms with Crippen molar-refractivity contribution in [1.82, 2.24) is 9.97 Å². The van der Waals surface area contributed by atoms with Gasteiger partial charge in [0.25, 0.3) is 0 Å². The van der Waals surface area contributed by atoms with E-state index in [0.717, 1.165) is 37.6 Å². The molecule has 19 heavy (non-hydrogen) atoms. The van der Waals surface area contributed by atoms with E-state index in [0.29, 0.717) is 11.1 Å². The van der Waals surface area contributed by atoms with E-state index in [2.05, 4.69) is 16.9 Å². The minimum atomic E-state index is -0.231. The third-order valence-corrected chi connectivity index (χ3v) is 4.50. The molecular weight excluding hydrogens is 240 g/mol. The minimum Gasteiger partial charge on any atom is -0.306 e. The van der Waals surface area contributed by atoms with Crippen LogP contribution in [-0.2, 0) is 0 Å². The monoisotopic (exact) mass is 258 g/mol. The molecule has 4 heteroatoms. The van der Waals surface area contributed by atoms with Crippen molar-refractivity contribution < 1.29 is 4.79 Å². The fourth-order valence-electron chi connectivity index (χ4n) is 3.27. The molecular formula is C15H18N2O2. The molecule has 1 saturated carbocycles. The van der Waals surface area contributed by atoms with E-state index >= 15 is 0 Å². The molecule has 0 bridgehead atoms. The second-order valence-corrected chi connectivity index (χ2v) is 5.51. The molecule has 0 radical (unpaired) electrons. The van der Waals surface area contributed by atoms with Crippen molar-refractivity contribution in [2.45, 2.75) is 39.0 Å². The average molecular weight is 258 g/mol. The number of imidazole rings is 1. The fraction of sp³-hybridized carbons (Fsp3) is 0.467. The summed E-state index contributed by atoms with van der Waals surface area (Å²) in [4.78, 5) is 29.4. The Hall–Kier alpha value is -1.84. The Morgan fingerprint density at radius 3 is 2.58 bits per heavy atom. The van der Waals surface area contributed by atoms with Gasteiger partial charge < -0.3 is 9.97 Å². The molecule has 0 atom stereocenters. The smallest absolute Gasteiger partial charge is 0.306 e. The van der Waals surface area contributed by atoms with E-state index in [-0.39, 0.29) is 16.9 Å². The van der Waals surface area contributed by atoms with Gasteiger partial charge in [-0.25, -0.2) is 4.79 Å². The molecule has 0 spiro atoms. The summed E-state index contributed by atoms with van der Waals surface area (Å²) in [5, 5.41) is 0. The number of benzene rings is 1. The van der Waals surface area contributed by atoms with Crippen molar-refractivity contribution in [3.05, 3.63) is 34.2 Å². The third kappa shape index (κ3) is 1.91. The number of nitrogens with one attached hydrogen (secondary N) is 2. The number of aromatic amines is 2. The SMILES string of the molecule is CCC1(C(=O)c2ccc3[nH]c(=O)[nH]c3c2)CCCC1. The molecule has 4 nitrogen and oxygen atoms in total. The summed E-state index contributed by atoms with van der Waals surface area (Å²) >= 11 is 0. The Labute approximate surface area is 111 Å². The highest BCUT2D eigenvalue weighted by atomic mass is 16.1. The maximum absolute atomic E-state index is 12.7. The van der Waals surface area contributed by atoms with Gasteiger partial charge in [0.1, 0.15) is 0 Å². The molecule has 3 rings (SSSR count). The largest absolute Gasteiger partial charge is 0.323 e. The summed E-state index contributed by atoms with van der Waals surface area (Å²) in [5.74, 6) is 0.233. The average Bonchev–Trinajstić information content (AvgIpc) is 3.02. The fourth-order valence-corrected chi connectivity index (χ4v) is 3.27. The van der Waals surface area contributed by atoms with Gasteiger partial charge in [-0.05, 0) is 37.5 Å². The van der Waals surface area contributed by atoms with Crippen molar-refractivity contribution >= 4 is 16.8 Å². The predicted molar refractivity (Wildman–Crippen MR) is 74.4 cm³/mol. The van der Waals surface area contributed by atoms with Crippen LogP contribution in [0.25, 0.3) is 11.0 Å². The number of carbonyl (C=O) groups excluding carboxylic acids is 1. The lowest BCUT2D eigenvalue weighted by Crippen LogP contribution is -2.27. The van der Waals surface area contributed by atoms with E-state index in [1.165, 1.54) is 0 Å². The van der Waals surface area contributed by atoms with Crippen molar-refractivity contribution in [2.75, 3.05) is 0 Å². The topological polar surface area (TPSA) is 65.7 Å². The van der Waals surface area contributed by atoms with Crippen LogP contribution in [0.5, 0.6) is 0 Å². The van der Waals surface area contributed by atoms with Gasteiger partial charge in [0.15, 0.2) is 5.78 Å². The normalized spacial score (nSPS) is 17.9. The standard InChI is InChI=1S/C15H18N2O2/c1-2-15(7-3-4-8-15)13(18)10-5-6-11-12(9-10)17-14(19)16-11/h5-6,9H,2-4,7-8H2,1H3,(H2,16,17,19). The lowest BCUT2D eigenvalue weighted by molar-refractivity contribution is 0.0791. The molecule has 1 fully saturated rings. The van der Waals surface area contributed by atoms with Crippen LogP contribution in [0, 0.1) is 5.41 Å². The van der Waals surface area contributed by atoms with Crippen LogP contribution >= 0.6 is 0 Å². The number of hydrogen-bond donors (Lipinski definition) is 2. The molecule has 1 aliphatic carbocycles. The zero-order valence-corrected chi connectivity index (χ0v) is 11.1. The maximum Gasteiger partial charge on any atom is 0.323 e. The van der Waals surface area contributed by atoms with Crippen LogP contribution < -0.4 is 5.69 Å². The highest BCUT2D eigenvalue weighted by molar-refractivity contribution is 6.02. The van der Waals surface area contributed by atoms with E-state index in [4.69, 9.17) is 0 Å². The predicted octanol–water partition coefficient (Wildman–Crippen LogP) is 3.01. The third-order valence-electron chi connectivity index (χ3n) is 4.50. The van der Waals surface area contributed by atoms with Crippen molar-refractivity contribution in [3.8, 4) is 0 Å². The Kier molecular flexibility index (Phi) is 2.81.